The first-order valence-electron chi connectivity index (χ1n) is 9.88. The fourth-order valence-corrected chi connectivity index (χ4v) is 3.91. The molecule has 3 aromatic carbocycles. The molecule has 0 N–H and O–H groups in total. The van der Waals surface area contributed by atoms with Crippen molar-refractivity contribution in [1.82, 2.24) is 0 Å². The van der Waals surface area contributed by atoms with Crippen molar-refractivity contribution < 1.29 is 18.7 Å². The lowest BCUT2D eigenvalue weighted by atomic mass is 10.1. The van der Waals surface area contributed by atoms with E-state index in [2.05, 4.69) is 21.0 Å². The van der Waals surface area contributed by atoms with Crippen LogP contribution in [0.15, 0.2) is 81.9 Å². The summed E-state index contributed by atoms with van der Waals surface area (Å²) in [4.78, 5) is 13.0. The van der Waals surface area contributed by atoms with Gasteiger partial charge in [-0.3, -0.25) is 4.79 Å². The van der Waals surface area contributed by atoms with Crippen LogP contribution in [-0.2, 0) is 11.4 Å². The molecule has 0 atom stereocenters. The minimum absolute atomic E-state index is 0.184. The number of carbonyl (C=O) groups is 1. The van der Waals surface area contributed by atoms with Gasteiger partial charge in [0.05, 0.1) is 28.6 Å². The zero-order valence-electron chi connectivity index (χ0n) is 17.5. The lowest BCUT2D eigenvalue weighted by Crippen LogP contribution is -2.21. The van der Waals surface area contributed by atoms with Crippen LogP contribution in [0.4, 0.5) is 10.1 Å². The first kappa shape index (κ1) is 21.8. The summed E-state index contributed by atoms with van der Waals surface area (Å²) in [5.74, 6) is 0.465. The van der Waals surface area contributed by atoms with E-state index in [1.807, 2.05) is 36.4 Å². The minimum atomic E-state index is -0.318. The monoisotopic (exact) mass is 494 g/mol. The molecular weight excluding hydrogens is 475 g/mol. The summed E-state index contributed by atoms with van der Waals surface area (Å²) < 4.78 is 25.5. The van der Waals surface area contributed by atoms with E-state index in [1.54, 1.807) is 31.2 Å². The van der Waals surface area contributed by atoms with Crippen molar-refractivity contribution in [3.05, 3.63) is 93.7 Å². The summed E-state index contributed by atoms with van der Waals surface area (Å²) in [6.07, 6.45) is 1.77. The summed E-state index contributed by atoms with van der Waals surface area (Å²) in [7, 11) is 1.54. The van der Waals surface area contributed by atoms with Gasteiger partial charge in [0.1, 0.15) is 12.4 Å². The third-order valence-corrected chi connectivity index (χ3v) is 5.49. The largest absolute Gasteiger partial charge is 0.493 e. The Kier molecular flexibility index (Phi) is 6.37. The molecule has 4 rings (SSSR count). The maximum Gasteiger partial charge on any atom is 0.280 e. The summed E-state index contributed by atoms with van der Waals surface area (Å²) >= 11 is 3.52. The first-order valence-corrected chi connectivity index (χ1v) is 10.7. The van der Waals surface area contributed by atoms with Gasteiger partial charge in [-0.1, -0.05) is 30.3 Å². The van der Waals surface area contributed by atoms with Crippen molar-refractivity contribution >= 4 is 39.3 Å². The van der Waals surface area contributed by atoms with Crippen molar-refractivity contribution in [2.45, 2.75) is 13.5 Å². The van der Waals surface area contributed by atoms with Gasteiger partial charge in [0.15, 0.2) is 11.5 Å². The number of nitrogens with zero attached hydrogens (tertiary/aromatic N) is 2. The average molecular weight is 495 g/mol. The molecule has 7 heteroatoms. The second kappa shape index (κ2) is 9.36. The molecule has 0 saturated carbocycles. The zero-order valence-corrected chi connectivity index (χ0v) is 19.1. The van der Waals surface area contributed by atoms with Crippen LogP contribution in [0.5, 0.6) is 11.5 Å². The summed E-state index contributed by atoms with van der Waals surface area (Å²) in [6.45, 7) is 1.98. The van der Waals surface area contributed by atoms with Gasteiger partial charge in [-0.05, 0) is 76.5 Å². The molecule has 0 unspecified atom stereocenters. The first-order chi connectivity index (χ1) is 15.5. The number of anilines is 1. The van der Waals surface area contributed by atoms with E-state index in [9.17, 15) is 9.18 Å². The van der Waals surface area contributed by atoms with Gasteiger partial charge in [0, 0.05) is 0 Å². The van der Waals surface area contributed by atoms with Crippen LogP contribution in [0.25, 0.3) is 6.08 Å². The molecule has 0 aromatic heterocycles. The van der Waals surface area contributed by atoms with Crippen molar-refractivity contribution in [3.63, 3.8) is 0 Å². The van der Waals surface area contributed by atoms with Crippen LogP contribution in [0.3, 0.4) is 0 Å². The normalized spacial score (nSPS) is 14.6. The lowest BCUT2D eigenvalue weighted by Gasteiger charge is -2.14. The second-order valence-electron chi connectivity index (χ2n) is 7.15. The quantitative estimate of drug-likeness (QED) is 0.396. The number of carbonyl (C=O) groups excluding carboxylic acids is 1. The van der Waals surface area contributed by atoms with Gasteiger partial charge < -0.3 is 9.47 Å². The molecule has 0 saturated heterocycles. The highest BCUT2D eigenvalue weighted by atomic mass is 79.9. The summed E-state index contributed by atoms with van der Waals surface area (Å²) in [6, 6.07) is 19.1. The molecule has 1 amide bonds. The zero-order chi connectivity index (χ0) is 22.7. The molecule has 5 nitrogen and oxygen atoms in total. The molecule has 1 aliphatic rings. The van der Waals surface area contributed by atoms with E-state index in [-0.39, 0.29) is 18.3 Å². The van der Waals surface area contributed by atoms with E-state index in [4.69, 9.17) is 9.47 Å². The summed E-state index contributed by atoms with van der Waals surface area (Å²) in [5.41, 5.74) is 3.28. The highest BCUT2D eigenvalue weighted by molar-refractivity contribution is 9.10. The Morgan fingerprint density at radius 1 is 1.09 bits per heavy atom. The van der Waals surface area contributed by atoms with E-state index >= 15 is 0 Å². The topological polar surface area (TPSA) is 51.1 Å². The molecule has 32 heavy (non-hydrogen) atoms. The van der Waals surface area contributed by atoms with Crippen LogP contribution in [0, 0.1) is 5.82 Å². The Bertz CT molecular complexity index is 1230. The highest BCUT2D eigenvalue weighted by Gasteiger charge is 2.28. The van der Waals surface area contributed by atoms with Gasteiger partial charge >= 0.3 is 0 Å². The van der Waals surface area contributed by atoms with Gasteiger partial charge in [0.25, 0.3) is 5.91 Å². The Labute approximate surface area is 193 Å². The molecule has 1 heterocycles. The molecule has 0 radical (unpaired) electrons. The standard InChI is InChI=1S/C25H20BrFN2O3/c1-16-21(25(30)29(28-16)20-9-4-3-5-10-20)12-18-13-22(26)24(23(14-18)31-2)32-15-17-7-6-8-19(27)11-17/h3-14H,15H2,1-2H3/b21-12+. The molecule has 0 spiro atoms. The Balaban J connectivity index is 1.59. The smallest absolute Gasteiger partial charge is 0.280 e. The summed E-state index contributed by atoms with van der Waals surface area (Å²) in [5, 5.41) is 5.80. The van der Waals surface area contributed by atoms with Crippen LogP contribution >= 0.6 is 15.9 Å². The lowest BCUT2D eigenvalue weighted by molar-refractivity contribution is -0.114. The predicted molar refractivity (Wildman–Crippen MR) is 126 cm³/mol. The number of amides is 1. The number of hydrazone groups is 1. The van der Waals surface area contributed by atoms with Crippen LogP contribution in [0.1, 0.15) is 18.1 Å². The van der Waals surface area contributed by atoms with Crippen molar-refractivity contribution in [3.8, 4) is 11.5 Å². The number of methoxy groups -OCH3 is 1. The number of rotatable bonds is 6. The Hall–Kier alpha value is -3.45. The Morgan fingerprint density at radius 2 is 1.88 bits per heavy atom. The number of halogens is 2. The minimum Gasteiger partial charge on any atom is -0.493 e. The fraction of sp³-hybridized carbons (Fsp3) is 0.120. The molecule has 0 aliphatic carbocycles. The molecule has 0 bridgehead atoms. The number of ether oxygens (including phenoxy) is 2. The van der Waals surface area contributed by atoms with Crippen LogP contribution in [-0.4, -0.2) is 18.7 Å². The van der Waals surface area contributed by atoms with Gasteiger partial charge in [-0.25, -0.2) is 4.39 Å². The van der Waals surface area contributed by atoms with E-state index in [0.29, 0.717) is 38.5 Å². The van der Waals surface area contributed by atoms with Gasteiger partial charge in [-0.15, -0.1) is 0 Å². The maximum atomic E-state index is 13.4. The van der Waals surface area contributed by atoms with E-state index < -0.39 is 0 Å². The predicted octanol–water partition coefficient (Wildman–Crippen LogP) is 5.98. The number of hydrogen-bond donors (Lipinski definition) is 0. The van der Waals surface area contributed by atoms with E-state index in [0.717, 1.165) is 5.56 Å². The van der Waals surface area contributed by atoms with Crippen molar-refractivity contribution in [1.29, 1.82) is 0 Å². The highest BCUT2D eigenvalue weighted by Crippen LogP contribution is 2.38. The SMILES string of the molecule is COc1cc(/C=C2/C(=O)N(c3ccccc3)N=C2C)cc(Br)c1OCc1cccc(F)c1. The van der Waals surface area contributed by atoms with Gasteiger partial charge in [-0.2, -0.15) is 10.1 Å². The third kappa shape index (κ3) is 4.57. The number of hydrogen-bond acceptors (Lipinski definition) is 4. The van der Waals surface area contributed by atoms with E-state index in [1.165, 1.54) is 24.3 Å². The molecule has 162 valence electrons. The maximum absolute atomic E-state index is 13.4. The van der Waals surface area contributed by atoms with Crippen LogP contribution in [0.2, 0.25) is 0 Å². The molecule has 3 aromatic rings. The van der Waals surface area contributed by atoms with Gasteiger partial charge in [0.2, 0.25) is 0 Å². The fourth-order valence-electron chi connectivity index (χ4n) is 3.34. The Morgan fingerprint density at radius 3 is 2.59 bits per heavy atom. The third-order valence-electron chi connectivity index (χ3n) is 4.90. The van der Waals surface area contributed by atoms with Crippen molar-refractivity contribution in [2.24, 2.45) is 5.10 Å². The molecule has 1 aliphatic heterocycles. The number of para-hydroxylation sites is 1. The van der Waals surface area contributed by atoms with Crippen LogP contribution < -0.4 is 14.5 Å². The van der Waals surface area contributed by atoms with Crippen molar-refractivity contribution in [2.75, 3.05) is 12.1 Å². The second-order valence-corrected chi connectivity index (χ2v) is 8.00. The molecular formula is C25H20BrFN2O3. The molecule has 0 fully saturated rings. The average Bonchev–Trinajstić information content (AvgIpc) is 3.07. The number of benzene rings is 3.